The lowest BCUT2D eigenvalue weighted by molar-refractivity contribution is 0.445. The molecule has 14 heavy (non-hydrogen) atoms. The Bertz CT molecular complexity index is 431. The molecule has 0 aromatic rings. The zero-order chi connectivity index (χ0) is 11.6. The first kappa shape index (κ1) is 13.4. The summed E-state index contributed by atoms with van der Waals surface area (Å²) in [6, 6.07) is 0.835. The highest BCUT2D eigenvalue weighted by molar-refractivity contribution is 8.06. The Morgan fingerprint density at radius 2 is 1.79 bits per heavy atom. The van der Waals surface area contributed by atoms with E-state index >= 15 is 0 Å². The number of sulfone groups is 1. The fraction of sp³-hybridized carbons (Fsp3) is 0.833. The van der Waals surface area contributed by atoms with Gasteiger partial charge in [-0.15, -0.1) is 0 Å². The lowest BCUT2D eigenvalue weighted by Gasteiger charge is -2.17. The zero-order valence-corrected chi connectivity index (χ0v) is 9.76. The summed E-state index contributed by atoms with van der Waals surface area (Å²) in [5.74, 6) is 0. The Hall–Kier alpha value is -0.650. The van der Waals surface area contributed by atoms with Crippen LogP contribution in [0.3, 0.4) is 0 Å². The molecule has 0 fully saturated rings. The third kappa shape index (κ3) is 4.04. The largest absolute Gasteiger partial charge is 0.229 e. The van der Waals surface area contributed by atoms with E-state index in [-0.39, 0.29) is 0 Å². The van der Waals surface area contributed by atoms with Crippen molar-refractivity contribution in [3.63, 3.8) is 0 Å². The predicted octanol–water partition coefficient (Wildman–Crippen LogP) is -0.838. The maximum atomic E-state index is 11.3. The zero-order valence-electron chi connectivity index (χ0n) is 8.13. The van der Waals surface area contributed by atoms with Gasteiger partial charge >= 0.3 is 0 Å². The number of nitriles is 1. The fourth-order valence-corrected chi connectivity index (χ4v) is 4.03. The van der Waals surface area contributed by atoms with Gasteiger partial charge in [-0.2, -0.15) is 9.57 Å². The standard InChI is InChI=1S/C6H12N2O4S2/c1-6(4-7)8(2)14(11,12)5-13(3,9)10/h6H,5H2,1-3H3. The van der Waals surface area contributed by atoms with Crippen molar-refractivity contribution in [3.05, 3.63) is 0 Å². The summed E-state index contributed by atoms with van der Waals surface area (Å²) in [5, 5.41) is 7.49. The normalized spacial score (nSPS) is 15.1. The molecular formula is C6H12N2O4S2. The summed E-state index contributed by atoms with van der Waals surface area (Å²) in [6.45, 7) is 1.37. The van der Waals surface area contributed by atoms with Gasteiger partial charge in [0.05, 0.1) is 6.07 Å². The van der Waals surface area contributed by atoms with Crippen molar-refractivity contribution in [1.82, 2.24) is 4.31 Å². The SMILES string of the molecule is CC(C#N)N(C)S(=O)(=O)CS(C)(=O)=O. The van der Waals surface area contributed by atoms with Gasteiger partial charge in [0.25, 0.3) is 0 Å². The van der Waals surface area contributed by atoms with Crippen LogP contribution in [0.4, 0.5) is 0 Å². The number of hydrogen-bond donors (Lipinski definition) is 0. The van der Waals surface area contributed by atoms with Crippen molar-refractivity contribution < 1.29 is 16.8 Å². The summed E-state index contributed by atoms with van der Waals surface area (Å²) in [5.41, 5.74) is 0. The van der Waals surface area contributed by atoms with Crippen LogP contribution in [0.5, 0.6) is 0 Å². The summed E-state index contributed by atoms with van der Waals surface area (Å²) in [4.78, 5) is 0. The summed E-state index contributed by atoms with van der Waals surface area (Å²) in [6.07, 6.45) is 0.829. The highest BCUT2D eigenvalue weighted by Crippen LogP contribution is 2.05. The topological polar surface area (TPSA) is 95.3 Å². The third-order valence-corrected chi connectivity index (χ3v) is 5.63. The van der Waals surface area contributed by atoms with Crippen LogP contribution in [-0.2, 0) is 19.9 Å². The summed E-state index contributed by atoms with van der Waals surface area (Å²) in [7, 11) is -6.34. The van der Waals surface area contributed by atoms with Crippen LogP contribution in [0.1, 0.15) is 6.92 Å². The van der Waals surface area contributed by atoms with Gasteiger partial charge in [-0.3, -0.25) is 0 Å². The van der Waals surface area contributed by atoms with Gasteiger partial charge in [0, 0.05) is 13.3 Å². The van der Waals surface area contributed by atoms with Gasteiger partial charge in [-0.1, -0.05) is 0 Å². The molecule has 0 aliphatic heterocycles. The number of sulfonamides is 1. The van der Waals surface area contributed by atoms with E-state index in [9.17, 15) is 16.8 Å². The Morgan fingerprint density at radius 1 is 1.36 bits per heavy atom. The first-order valence-corrected chi connectivity index (χ1v) is 7.30. The van der Waals surface area contributed by atoms with E-state index in [1.807, 2.05) is 0 Å². The molecule has 82 valence electrons. The minimum absolute atomic E-state index is 0.744. The molecule has 0 spiro atoms. The molecule has 6 nitrogen and oxygen atoms in total. The predicted molar refractivity (Wildman–Crippen MR) is 51.5 cm³/mol. The third-order valence-electron chi connectivity index (χ3n) is 1.53. The highest BCUT2D eigenvalue weighted by Gasteiger charge is 2.26. The second-order valence-corrected chi connectivity index (χ2v) is 7.51. The lowest BCUT2D eigenvalue weighted by atomic mass is 10.4. The van der Waals surface area contributed by atoms with E-state index in [1.165, 1.54) is 14.0 Å². The second-order valence-electron chi connectivity index (χ2n) is 2.98. The number of rotatable bonds is 4. The molecule has 0 N–H and O–H groups in total. The van der Waals surface area contributed by atoms with Crippen LogP contribution in [0, 0.1) is 11.3 Å². The van der Waals surface area contributed by atoms with E-state index in [0.29, 0.717) is 0 Å². The van der Waals surface area contributed by atoms with E-state index < -0.39 is 31.0 Å². The van der Waals surface area contributed by atoms with Gasteiger partial charge in [0.2, 0.25) is 10.0 Å². The average Bonchev–Trinajstić information content (AvgIpc) is 1.97. The molecule has 0 saturated heterocycles. The van der Waals surface area contributed by atoms with Gasteiger partial charge in [-0.25, -0.2) is 16.8 Å². The molecule has 1 unspecified atom stereocenters. The summed E-state index contributed by atoms with van der Waals surface area (Å²) < 4.78 is 45.0. The molecule has 0 radical (unpaired) electrons. The Kier molecular flexibility index (Phi) is 4.05. The first-order valence-electron chi connectivity index (χ1n) is 3.63. The van der Waals surface area contributed by atoms with Crippen molar-refractivity contribution >= 4 is 19.9 Å². The number of hydrogen-bond acceptors (Lipinski definition) is 5. The quantitative estimate of drug-likeness (QED) is 0.638. The lowest BCUT2D eigenvalue weighted by Crippen LogP contribution is -2.37. The van der Waals surface area contributed by atoms with Crippen molar-refractivity contribution in [2.75, 3.05) is 18.4 Å². The maximum Gasteiger partial charge on any atom is 0.229 e. The minimum atomic E-state index is -3.91. The molecule has 0 heterocycles. The smallest absolute Gasteiger partial charge is 0.228 e. The van der Waals surface area contributed by atoms with Crippen LogP contribution >= 0.6 is 0 Å². The Balaban J connectivity index is 4.93. The average molecular weight is 240 g/mol. The van der Waals surface area contributed by atoms with E-state index in [2.05, 4.69) is 0 Å². The second kappa shape index (κ2) is 4.25. The van der Waals surface area contributed by atoms with Crippen LogP contribution in [0.15, 0.2) is 0 Å². The molecule has 0 amide bonds. The molecule has 8 heteroatoms. The van der Waals surface area contributed by atoms with E-state index in [4.69, 9.17) is 5.26 Å². The molecule has 0 aliphatic rings. The van der Waals surface area contributed by atoms with Crippen LogP contribution in [0.2, 0.25) is 0 Å². The monoisotopic (exact) mass is 240 g/mol. The molecule has 0 bridgehead atoms. The van der Waals surface area contributed by atoms with Gasteiger partial charge in [-0.05, 0) is 6.92 Å². The van der Waals surface area contributed by atoms with Gasteiger partial charge in [0.1, 0.15) is 6.04 Å². The van der Waals surface area contributed by atoms with E-state index in [0.717, 1.165) is 10.6 Å². The Morgan fingerprint density at radius 3 is 2.07 bits per heavy atom. The maximum absolute atomic E-state index is 11.3. The Labute approximate surface area is 84.1 Å². The molecule has 0 saturated carbocycles. The molecule has 0 aromatic carbocycles. The van der Waals surface area contributed by atoms with E-state index in [1.54, 1.807) is 6.07 Å². The molecule has 0 rings (SSSR count). The first-order chi connectivity index (χ1) is 6.10. The molecule has 0 aliphatic carbocycles. The van der Waals surface area contributed by atoms with Crippen molar-refractivity contribution in [3.8, 4) is 6.07 Å². The molecule has 0 aromatic heterocycles. The minimum Gasteiger partial charge on any atom is -0.228 e. The van der Waals surface area contributed by atoms with Crippen molar-refractivity contribution in [2.24, 2.45) is 0 Å². The van der Waals surface area contributed by atoms with Gasteiger partial charge in [0.15, 0.2) is 14.9 Å². The van der Waals surface area contributed by atoms with Gasteiger partial charge < -0.3 is 0 Å². The number of nitrogens with zero attached hydrogens (tertiary/aromatic N) is 2. The molecule has 1 atom stereocenters. The van der Waals surface area contributed by atoms with Crippen molar-refractivity contribution in [2.45, 2.75) is 13.0 Å². The van der Waals surface area contributed by atoms with Crippen LogP contribution in [0.25, 0.3) is 0 Å². The highest BCUT2D eigenvalue weighted by atomic mass is 32.3. The fourth-order valence-electron chi connectivity index (χ4n) is 0.676. The van der Waals surface area contributed by atoms with Crippen molar-refractivity contribution in [1.29, 1.82) is 5.26 Å². The summed E-state index contributed by atoms with van der Waals surface area (Å²) >= 11 is 0. The van der Waals surface area contributed by atoms with Crippen LogP contribution in [-0.4, -0.2) is 45.6 Å². The van der Waals surface area contributed by atoms with Crippen LogP contribution < -0.4 is 0 Å². The molecular weight excluding hydrogens is 228 g/mol.